The number of carbonyl (C=O) groups excluding carboxylic acids is 1. The molecule has 12 heteroatoms. The van der Waals surface area contributed by atoms with Crippen LogP contribution < -0.4 is 9.47 Å². The summed E-state index contributed by atoms with van der Waals surface area (Å²) < 4.78 is 47.5. The molecule has 0 unspecified atom stereocenters. The molecule has 1 saturated carbocycles. The molecule has 174 valence electrons. The first-order chi connectivity index (χ1) is 15.8. The van der Waals surface area contributed by atoms with Gasteiger partial charge in [0.25, 0.3) is 0 Å². The molecule has 0 aliphatic heterocycles. The average molecular weight is 479 g/mol. The molecule has 33 heavy (non-hydrogen) atoms. The number of alkyl halides is 3. The Labute approximate surface area is 191 Å². The van der Waals surface area contributed by atoms with E-state index in [0.717, 1.165) is 24.2 Å². The van der Waals surface area contributed by atoms with Gasteiger partial charge in [0.1, 0.15) is 11.5 Å². The first-order valence-electron chi connectivity index (χ1n) is 10.0. The highest BCUT2D eigenvalue weighted by Gasteiger charge is 2.33. The van der Waals surface area contributed by atoms with Crippen molar-refractivity contribution in [2.45, 2.75) is 36.9 Å². The largest absolute Gasteiger partial charge is 0.573 e. The summed E-state index contributed by atoms with van der Waals surface area (Å²) in [6, 6.07) is 13.0. The molecule has 0 radical (unpaired) electrons. The van der Waals surface area contributed by atoms with Gasteiger partial charge in [-0.2, -0.15) is 4.68 Å². The summed E-state index contributed by atoms with van der Waals surface area (Å²) in [4.78, 5) is 14.8. The van der Waals surface area contributed by atoms with Gasteiger partial charge in [-0.1, -0.05) is 23.9 Å². The summed E-state index contributed by atoms with van der Waals surface area (Å²) >= 11 is 1.17. The Morgan fingerprint density at radius 3 is 2.39 bits per heavy atom. The average Bonchev–Trinajstić information content (AvgIpc) is 3.52. The number of halogens is 3. The van der Waals surface area contributed by atoms with Gasteiger partial charge in [0.2, 0.25) is 11.1 Å². The Balaban J connectivity index is 1.39. The standard InChI is InChI=1S/C21H20F3N5O3S/c1-31-17-8-2-14(3-9-17)12-28(15-4-5-15)19(30)13-33-20-25-26-27-29(20)16-6-10-18(11-7-16)32-21(22,23)24/h2-3,6-11,15H,4-5,12-13H2,1H3. The van der Waals surface area contributed by atoms with Crippen LogP contribution >= 0.6 is 11.8 Å². The zero-order chi connectivity index (χ0) is 23.4. The van der Waals surface area contributed by atoms with Gasteiger partial charge in [0, 0.05) is 12.6 Å². The van der Waals surface area contributed by atoms with Crippen molar-refractivity contribution in [3.8, 4) is 17.2 Å². The highest BCUT2D eigenvalue weighted by Crippen LogP contribution is 2.30. The molecule has 1 heterocycles. The lowest BCUT2D eigenvalue weighted by atomic mass is 10.2. The second kappa shape index (κ2) is 9.69. The van der Waals surface area contributed by atoms with Crippen LogP contribution in [0.4, 0.5) is 13.2 Å². The van der Waals surface area contributed by atoms with E-state index in [1.165, 1.54) is 40.7 Å². The Morgan fingerprint density at radius 2 is 1.79 bits per heavy atom. The highest BCUT2D eigenvalue weighted by atomic mass is 32.2. The number of thioether (sulfide) groups is 1. The van der Waals surface area contributed by atoms with Crippen molar-refractivity contribution in [2.24, 2.45) is 0 Å². The predicted octanol–water partition coefficient (Wildman–Crippen LogP) is 3.85. The number of tetrazole rings is 1. The number of hydrogen-bond donors (Lipinski definition) is 0. The lowest BCUT2D eigenvalue weighted by Crippen LogP contribution is -2.34. The van der Waals surface area contributed by atoms with E-state index < -0.39 is 6.36 Å². The summed E-state index contributed by atoms with van der Waals surface area (Å²) in [6.45, 7) is 0.500. The Morgan fingerprint density at radius 1 is 1.12 bits per heavy atom. The lowest BCUT2D eigenvalue weighted by molar-refractivity contribution is -0.274. The maximum Gasteiger partial charge on any atom is 0.573 e. The van der Waals surface area contributed by atoms with Gasteiger partial charge in [-0.3, -0.25) is 4.79 Å². The summed E-state index contributed by atoms with van der Waals surface area (Å²) in [6.07, 6.45) is -2.83. The molecule has 1 amide bonds. The van der Waals surface area contributed by atoms with Crippen molar-refractivity contribution >= 4 is 17.7 Å². The fourth-order valence-electron chi connectivity index (χ4n) is 3.16. The fourth-order valence-corrected chi connectivity index (χ4v) is 3.94. The minimum Gasteiger partial charge on any atom is -0.497 e. The molecule has 8 nitrogen and oxygen atoms in total. The summed E-state index contributed by atoms with van der Waals surface area (Å²) in [5.41, 5.74) is 1.45. The number of benzene rings is 2. The normalized spacial score (nSPS) is 13.6. The predicted molar refractivity (Wildman–Crippen MR) is 113 cm³/mol. The van der Waals surface area contributed by atoms with Gasteiger partial charge >= 0.3 is 6.36 Å². The van der Waals surface area contributed by atoms with Crippen LogP contribution in [0.3, 0.4) is 0 Å². The van der Waals surface area contributed by atoms with Gasteiger partial charge in [0.15, 0.2) is 0 Å². The number of rotatable bonds is 9. The number of methoxy groups -OCH3 is 1. The third kappa shape index (κ3) is 6.15. The molecule has 0 saturated heterocycles. The van der Waals surface area contributed by atoms with E-state index in [1.54, 1.807) is 7.11 Å². The van der Waals surface area contributed by atoms with Crippen molar-refractivity contribution < 1.29 is 27.4 Å². The third-order valence-corrected chi connectivity index (χ3v) is 5.80. The SMILES string of the molecule is COc1ccc(CN(C(=O)CSc2nnnn2-c2ccc(OC(F)(F)F)cc2)C2CC2)cc1. The topological polar surface area (TPSA) is 82.4 Å². The molecular formula is C21H20F3N5O3S. The lowest BCUT2D eigenvalue weighted by Gasteiger charge is -2.22. The van der Waals surface area contributed by atoms with Gasteiger partial charge in [-0.25, -0.2) is 0 Å². The molecule has 0 bridgehead atoms. The van der Waals surface area contributed by atoms with Crippen molar-refractivity contribution in [3.05, 3.63) is 54.1 Å². The van der Waals surface area contributed by atoms with Crippen molar-refractivity contribution in [1.29, 1.82) is 0 Å². The Kier molecular flexibility index (Phi) is 6.72. The van der Waals surface area contributed by atoms with Gasteiger partial charge < -0.3 is 14.4 Å². The van der Waals surface area contributed by atoms with Crippen molar-refractivity contribution in [1.82, 2.24) is 25.1 Å². The molecule has 1 aliphatic rings. The molecule has 2 aromatic carbocycles. The number of aromatic nitrogens is 4. The Bertz CT molecular complexity index is 1090. The monoisotopic (exact) mass is 479 g/mol. The van der Waals surface area contributed by atoms with E-state index in [0.29, 0.717) is 17.4 Å². The summed E-state index contributed by atoms with van der Waals surface area (Å²) in [5.74, 6) is 0.495. The molecule has 1 aliphatic carbocycles. The minimum atomic E-state index is -4.77. The van der Waals surface area contributed by atoms with Crippen LogP contribution in [0.15, 0.2) is 53.7 Å². The number of ether oxygens (including phenoxy) is 2. The van der Waals surface area contributed by atoms with Gasteiger partial charge in [-0.05, 0) is 65.2 Å². The van der Waals surface area contributed by atoms with Crippen LogP contribution in [-0.2, 0) is 11.3 Å². The van der Waals surface area contributed by atoms with Crippen LogP contribution in [0.1, 0.15) is 18.4 Å². The summed E-state index contributed by atoms with van der Waals surface area (Å²) in [5, 5.41) is 11.8. The van der Waals surface area contributed by atoms with Gasteiger partial charge in [-0.15, -0.1) is 18.3 Å². The summed E-state index contributed by atoms with van der Waals surface area (Å²) in [7, 11) is 1.60. The molecule has 3 aromatic rings. The highest BCUT2D eigenvalue weighted by molar-refractivity contribution is 7.99. The maximum atomic E-state index is 13.0. The third-order valence-electron chi connectivity index (χ3n) is 4.90. The minimum absolute atomic E-state index is 0.0400. The maximum absolute atomic E-state index is 13.0. The van der Waals surface area contributed by atoms with Crippen LogP contribution in [0.25, 0.3) is 5.69 Å². The van der Waals surface area contributed by atoms with E-state index in [9.17, 15) is 18.0 Å². The van der Waals surface area contributed by atoms with E-state index in [-0.39, 0.29) is 23.5 Å². The van der Waals surface area contributed by atoms with Crippen LogP contribution in [0, 0.1) is 0 Å². The fraction of sp³-hybridized carbons (Fsp3) is 0.333. The number of hydrogen-bond acceptors (Lipinski definition) is 7. The van der Waals surface area contributed by atoms with E-state index in [4.69, 9.17) is 4.74 Å². The van der Waals surface area contributed by atoms with E-state index >= 15 is 0 Å². The van der Waals surface area contributed by atoms with Crippen molar-refractivity contribution in [2.75, 3.05) is 12.9 Å². The zero-order valence-corrected chi connectivity index (χ0v) is 18.3. The number of nitrogens with zero attached hydrogens (tertiary/aromatic N) is 5. The number of amides is 1. The second-order valence-electron chi connectivity index (χ2n) is 7.30. The molecule has 0 N–H and O–H groups in total. The smallest absolute Gasteiger partial charge is 0.497 e. The number of carbonyl (C=O) groups is 1. The molecule has 0 atom stereocenters. The van der Waals surface area contributed by atoms with Crippen LogP contribution in [-0.4, -0.2) is 56.3 Å². The van der Waals surface area contributed by atoms with Crippen LogP contribution in [0.5, 0.6) is 11.5 Å². The first-order valence-corrected chi connectivity index (χ1v) is 11.0. The zero-order valence-electron chi connectivity index (χ0n) is 17.5. The molecule has 1 fully saturated rings. The van der Waals surface area contributed by atoms with E-state index in [2.05, 4.69) is 20.3 Å². The first kappa shape index (κ1) is 22.9. The second-order valence-corrected chi connectivity index (χ2v) is 8.25. The molecule has 0 spiro atoms. The van der Waals surface area contributed by atoms with Gasteiger partial charge in [0.05, 0.1) is 18.6 Å². The molecular weight excluding hydrogens is 459 g/mol. The molecule has 1 aromatic heterocycles. The molecule has 4 rings (SSSR count). The van der Waals surface area contributed by atoms with Crippen molar-refractivity contribution in [3.63, 3.8) is 0 Å². The van der Waals surface area contributed by atoms with E-state index in [1.807, 2.05) is 29.2 Å². The van der Waals surface area contributed by atoms with Crippen LogP contribution in [0.2, 0.25) is 0 Å². The quantitative estimate of drug-likeness (QED) is 0.431. The Hall–Kier alpha value is -3.28.